The summed E-state index contributed by atoms with van der Waals surface area (Å²) in [5.74, 6) is 1.81. The first-order valence-corrected chi connectivity index (χ1v) is 4.38. The second-order valence-corrected chi connectivity index (χ2v) is 2.52. The van der Waals surface area contributed by atoms with Gasteiger partial charge in [-0.05, 0) is 0 Å². The van der Waals surface area contributed by atoms with Crippen molar-refractivity contribution in [1.82, 2.24) is 0 Å². The van der Waals surface area contributed by atoms with E-state index in [1.165, 1.54) is 0 Å². The highest BCUT2D eigenvalue weighted by Crippen LogP contribution is 1.97. The van der Waals surface area contributed by atoms with E-state index in [0.717, 1.165) is 0 Å². The average molecular weight is 218 g/mol. The standard InChI is InChI=1S/C9H14O6/c1-3-5-14-15-8(7-13-11)6-12-9(10)4-2/h1,8,11H,4-7H2,2H3. The van der Waals surface area contributed by atoms with E-state index in [9.17, 15) is 4.79 Å². The van der Waals surface area contributed by atoms with Crippen molar-refractivity contribution in [3.8, 4) is 12.3 Å². The summed E-state index contributed by atoms with van der Waals surface area (Å²) >= 11 is 0. The molecule has 0 rings (SSSR count). The van der Waals surface area contributed by atoms with Crippen LogP contribution >= 0.6 is 0 Å². The minimum absolute atomic E-state index is 0.0380. The third-order valence-electron chi connectivity index (χ3n) is 1.33. The van der Waals surface area contributed by atoms with Gasteiger partial charge in [0.25, 0.3) is 0 Å². The van der Waals surface area contributed by atoms with Gasteiger partial charge < -0.3 is 4.74 Å². The molecule has 0 saturated heterocycles. The number of hydrogen-bond acceptors (Lipinski definition) is 6. The summed E-state index contributed by atoms with van der Waals surface area (Å²) in [7, 11) is 0. The van der Waals surface area contributed by atoms with Crippen LogP contribution in [-0.2, 0) is 24.2 Å². The summed E-state index contributed by atoms with van der Waals surface area (Å²) in [5.41, 5.74) is 0. The van der Waals surface area contributed by atoms with Crippen LogP contribution in [0.1, 0.15) is 13.3 Å². The van der Waals surface area contributed by atoms with Crippen molar-refractivity contribution in [2.45, 2.75) is 19.4 Å². The lowest BCUT2D eigenvalue weighted by atomic mass is 10.4. The molecular weight excluding hydrogens is 204 g/mol. The Kier molecular flexibility index (Phi) is 8.72. The summed E-state index contributed by atoms with van der Waals surface area (Å²) in [6, 6.07) is 0. The Bertz CT molecular complexity index is 209. The zero-order valence-corrected chi connectivity index (χ0v) is 8.47. The molecule has 0 aliphatic rings. The molecule has 0 bridgehead atoms. The van der Waals surface area contributed by atoms with Crippen LogP contribution in [-0.4, -0.2) is 37.2 Å². The van der Waals surface area contributed by atoms with Gasteiger partial charge in [-0.15, -0.1) is 6.42 Å². The normalized spacial score (nSPS) is 11.8. The lowest BCUT2D eigenvalue weighted by Crippen LogP contribution is -2.27. The van der Waals surface area contributed by atoms with E-state index in [0.29, 0.717) is 0 Å². The van der Waals surface area contributed by atoms with Gasteiger partial charge in [-0.25, -0.2) is 14.7 Å². The van der Waals surface area contributed by atoms with Gasteiger partial charge in [0, 0.05) is 6.42 Å². The zero-order valence-electron chi connectivity index (χ0n) is 8.47. The van der Waals surface area contributed by atoms with Crippen molar-refractivity contribution in [2.24, 2.45) is 0 Å². The number of esters is 1. The van der Waals surface area contributed by atoms with Crippen LogP contribution in [0.2, 0.25) is 0 Å². The number of carbonyl (C=O) groups is 1. The molecule has 0 heterocycles. The minimum atomic E-state index is -0.709. The highest BCUT2D eigenvalue weighted by molar-refractivity contribution is 5.68. The summed E-state index contributed by atoms with van der Waals surface area (Å²) in [6.07, 6.45) is 4.46. The Morgan fingerprint density at radius 2 is 2.27 bits per heavy atom. The first-order chi connectivity index (χ1) is 7.24. The molecule has 0 aromatic carbocycles. The number of rotatable bonds is 8. The van der Waals surface area contributed by atoms with Crippen molar-refractivity contribution in [3.63, 3.8) is 0 Å². The molecule has 0 aliphatic carbocycles. The second-order valence-electron chi connectivity index (χ2n) is 2.52. The fourth-order valence-electron chi connectivity index (χ4n) is 0.639. The van der Waals surface area contributed by atoms with Gasteiger partial charge in [-0.2, -0.15) is 0 Å². The maximum Gasteiger partial charge on any atom is 0.305 e. The van der Waals surface area contributed by atoms with E-state index in [-0.39, 0.29) is 32.2 Å². The quantitative estimate of drug-likeness (QED) is 0.209. The molecule has 1 unspecified atom stereocenters. The molecule has 0 radical (unpaired) electrons. The van der Waals surface area contributed by atoms with Crippen LogP contribution in [0.25, 0.3) is 0 Å². The maximum absolute atomic E-state index is 10.8. The molecule has 6 nitrogen and oxygen atoms in total. The van der Waals surface area contributed by atoms with Crippen LogP contribution in [0.4, 0.5) is 0 Å². The highest BCUT2D eigenvalue weighted by Gasteiger charge is 2.13. The molecule has 6 heteroatoms. The van der Waals surface area contributed by atoms with E-state index in [1.54, 1.807) is 6.92 Å². The van der Waals surface area contributed by atoms with Gasteiger partial charge in [0.2, 0.25) is 0 Å². The Balaban J connectivity index is 3.72. The van der Waals surface area contributed by atoms with Gasteiger partial charge in [-0.1, -0.05) is 12.8 Å². The Hall–Kier alpha value is -1.13. The SMILES string of the molecule is C#CCOOC(COO)COC(=O)CC. The zero-order chi connectivity index (χ0) is 11.5. The Morgan fingerprint density at radius 1 is 1.53 bits per heavy atom. The summed E-state index contributed by atoms with van der Waals surface area (Å²) in [6.45, 7) is 1.37. The molecule has 0 spiro atoms. The van der Waals surface area contributed by atoms with Crippen LogP contribution in [0.5, 0.6) is 0 Å². The molecule has 1 atom stereocenters. The summed E-state index contributed by atoms with van der Waals surface area (Å²) in [4.78, 5) is 23.9. The summed E-state index contributed by atoms with van der Waals surface area (Å²) in [5, 5.41) is 8.20. The third kappa shape index (κ3) is 7.90. The Morgan fingerprint density at radius 3 is 2.80 bits per heavy atom. The van der Waals surface area contributed by atoms with Crippen molar-refractivity contribution in [3.05, 3.63) is 0 Å². The van der Waals surface area contributed by atoms with Crippen LogP contribution in [0.15, 0.2) is 0 Å². The Labute approximate surface area is 87.9 Å². The molecule has 0 aromatic heterocycles. The first-order valence-electron chi connectivity index (χ1n) is 4.38. The van der Waals surface area contributed by atoms with Crippen molar-refractivity contribution >= 4 is 5.97 Å². The van der Waals surface area contributed by atoms with Crippen molar-refractivity contribution < 1.29 is 29.5 Å². The smallest absolute Gasteiger partial charge is 0.305 e. The topological polar surface area (TPSA) is 74.2 Å². The van der Waals surface area contributed by atoms with Gasteiger partial charge in [-0.3, -0.25) is 10.1 Å². The fourth-order valence-corrected chi connectivity index (χ4v) is 0.639. The molecule has 15 heavy (non-hydrogen) atoms. The highest BCUT2D eigenvalue weighted by atomic mass is 17.2. The van der Waals surface area contributed by atoms with Crippen LogP contribution in [0.3, 0.4) is 0 Å². The lowest BCUT2D eigenvalue weighted by Gasteiger charge is -2.13. The maximum atomic E-state index is 10.8. The van der Waals surface area contributed by atoms with Crippen molar-refractivity contribution in [1.29, 1.82) is 0 Å². The lowest BCUT2D eigenvalue weighted by molar-refractivity contribution is -0.352. The van der Waals surface area contributed by atoms with E-state index in [2.05, 4.69) is 15.7 Å². The number of hydrogen-bond donors (Lipinski definition) is 1. The largest absolute Gasteiger partial charge is 0.463 e. The minimum Gasteiger partial charge on any atom is -0.463 e. The number of carbonyl (C=O) groups excluding carboxylic acids is 1. The molecule has 0 saturated carbocycles. The number of terminal acetylenes is 1. The molecular formula is C9H14O6. The van der Waals surface area contributed by atoms with Crippen molar-refractivity contribution in [2.75, 3.05) is 19.8 Å². The van der Waals surface area contributed by atoms with E-state index in [1.807, 2.05) is 0 Å². The molecule has 0 fully saturated rings. The summed E-state index contributed by atoms with van der Waals surface area (Å²) < 4.78 is 4.75. The van der Waals surface area contributed by atoms with Crippen LogP contribution in [0, 0.1) is 12.3 Å². The molecule has 1 N–H and O–H groups in total. The molecule has 0 aromatic rings. The first kappa shape index (κ1) is 13.9. The van der Waals surface area contributed by atoms with E-state index in [4.69, 9.17) is 21.3 Å². The van der Waals surface area contributed by atoms with E-state index >= 15 is 0 Å². The van der Waals surface area contributed by atoms with Gasteiger partial charge in [0.1, 0.15) is 19.8 Å². The average Bonchev–Trinajstić information content (AvgIpc) is 2.25. The molecule has 0 aliphatic heterocycles. The van der Waals surface area contributed by atoms with Crippen LogP contribution < -0.4 is 0 Å². The third-order valence-corrected chi connectivity index (χ3v) is 1.33. The monoisotopic (exact) mass is 218 g/mol. The predicted molar refractivity (Wildman–Crippen MR) is 49.5 cm³/mol. The molecule has 86 valence electrons. The molecule has 0 amide bonds. The van der Waals surface area contributed by atoms with Gasteiger partial charge >= 0.3 is 5.97 Å². The van der Waals surface area contributed by atoms with Gasteiger partial charge in [0.05, 0.1) is 0 Å². The van der Waals surface area contributed by atoms with Gasteiger partial charge in [0.15, 0.2) is 6.10 Å². The predicted octanol–water partition coefficient (Wildman–Crippen LogP) is 0.379. The van der Waals surface area contributed by atoms with E-state index < -0.39 is 6.10 Å². The second kappa shape index (κ2) is 9.43. The number of ether oxygens (including phenoxy) is 1. The fraction of sp³-hybridized carbons (Fsp3) is 0.667.